The van der Waals surface area contributed by atoms with Gasteiger partial charge in [0.2, 0.25) is 0 Å². The Hall–Kier alpha value is -1.62. The van der Waals surface area contributed by atoms with Gasteiger partial charge in [0.15, 0.2) is 11.6 Å². The number of rotatable bonds is 5. The highest BCUT2D eigenvalue weighted by Crippen LogP contribution is 2.18. The van der Waals surface area contributed by atoms with E-state index in [2.05, 4.69) is 4.74 Å². The van der Waals surface area contributed by atoms with E-state index >= 15 is 0 Å². The molecule has 0 saturated carbocycles. The van der Waals surface area contributed by atoms with Gasteiger partial charge in [-0.15, -0.1) is 0 Å². The molecule has 0 fully saturated rings. The van der Waals surface area contributed by atoms with Crippen LogP contribution in [-0.2, 0) is 16.0 Å². The molecule has 0 aromatic heterocycles. The third-order valence-corrected chi connectivity index (χ3v) is 1.95. The van der Waals surface area contributed by atoms with Crippen LogP contribution in [0, 0.1) is 5.82 Å². The lowest BCUT2D eigenvalue weighted by Crippen LogP contribution is -2.11. The quantitative estimate of drug-likeness (QED) is 0.758. The molecule has 0 atom stereocenters. The highest BCUT2D eigenvalue weighted by Gasteiger charge is 2.07. The number of hydrogen-bond acceptors (Lipinski definition) is 4. The Morgan fingerprint density at radius 3 is 2.81 bits per heavy atom. The molecule has 0 spiro atoms. The van der Waals surface area contributed by atoms with Crippen molar-refractivity contribution in [1.82, 2.24) is 0 Å². The second-order valence-corrected chi connectivity index (χ2v) is 3.15. The van der Waals surface area contributed by atoms with Gasteiger partial charge in [-0.3, -0.25) is 4.79 Å². The third-order valence-electron chi connectivity index (χ3n) is 1.95. The highest BCUT2D eigenvalue weighted by atomic mass is 19.1. The number of esters is 1. The molecule has 0 saturated heterocycles. The molecule has 0 bridgehead atoms. The average molecular weight is 227 g/mol. The van der Waals surface area contributed by atoms with Crippen LogP contribution >= 0.6 is 0 Å². The Morgan fingerprint density at radius 1 is 1.50 bits per heavy atom. The van der Waals surface area contributed by atoms with Gasteiger partial charge in [-0.1, -0.05) is 6.07 Å². The summed E-state index contributed by atoms with van der Waals surface area (Å²) in [7, 11) is 1.29. The molecule has 0 radical (unpaired) electrons. The number of hydrogen-bond donors (Lipinski definition) is 1. The summed E-state index contributed by atoms with van der Waals surface area (Å²) < 4.78 is 22.9. The molecule has 0 amide bonds. The Balaban J connectivity index is 2.70. The van der Waals surface area contributed by atoms with Gasteiger partial charge in [0, 0.05) is 6.54 Å². The first-order chi connectivity index (χ1) is 7.67. The molecule has 0 aliphatic carbocycles. The largest absolute Gasteiger partial charge is 0.489 e. The molecular weight excluding hydrogens is 213 g/mol. The van der Waals surface area contributed by atoms with E-state index in [1.807, 2.05) is 0 Å². The van der Waals surface area contributed by atoms with Crippen molar-refractivity contribution >= 4 is 5.97 Å². The van der Waals surface area contributed by atoms with Crippen LogP contribution in [0.2, 0.25) is 0 Å². The van der Waals surface area contributed by atoms with E-state index in [-0.39, 0.29) is 18.8 Å². The first kappa shape index (κ1) is 12.4. The molecule has 0 unspecified atom stereocenters. The highest BCUT2D eigenvalue weighted by molar-refractivity contribution is 5.72. The minimum absolute atomic E-state index is 0.0462. The zero-order valence-corrected chi connectivity index (χ0v) is 9.03. The molecule has 1 aromatic carbocycles. The predicted molar refractivity (Wildman–Crippen MR) is 56.7 cm³/mol. The molecule has 1 aromatic rings. The molecule has 88 valence electrons. The van der Waals surface area contributed by atoms with Crippen molar-refractivity contribution in [3.8, 4) is 5.75 Å². The van der Waals surface area contributed by atoms with Gasteiger partial charge in [-0.25, -0.2) is 4.39 Å². The fourth-order valence-corrected chi connectivity index (χ4v) is 1.18. The fraction of sp³-hybridized carbons (Fsp3) is 0.364. The van der Waals surface area contributed by atoms with E-state index in [1.54, 1.807) is 6.07 Å². The summed E-state index contributed by atoms with van der Waals surface area (Å²) in [6.07, 6.45) is 0.0462. The zero-order chi connectivity index (χ0) is 12.0. The van der Waals surface area contributed by atoms with E-state index in [0.717, 1.165) is 0 Å². The lowest BCUT2D eigenvalue weighted by molar-refractivity contribution is -0.139. The van der Waals surface area contributed by atoms with Gasteiger partial charge >= 0.3 is 5.97 Å². The third kappa shape index (κ3) is 3.51. The van der Waals surface area contributed by atoms with Gasteiger partial charge in [-0.2, -0.15) is 0 Å². The number of carbonyl (C=O) groups is 1. The minimum Gasteiger partial charge on any atom is -0.489 e. The molecule has 0 aliphatic rings. The first-order valence-corrected chi connectivity index (χ1v) is 4.85. The SMILES string of the molecule is COC(=O)Cc1ccc(OCCN)c(F)c1. The molecule has 0 heterocycles. The van der Waals surface area contributed by atoms with Crippen LogP contribution in [0.3, 0.4) is 0 Å². The Morgan fingerprint density at radius 2 is 2.25 bits per heavy atom. The van der Waals surface area contributed by atoms with Gasteiger partial charge in [0.25, 0.3) is 0 Å². The maximum absolute atomic E-state index is 13.4. The van der Waals surface area contributed by atoms with Crippen LogP contribution in [0.4, 0.5) is 4.39 Å². The van der Waals surface area contributed by atoms with Crippen molar-refractivity contribution in [2.24, 2.45) is 5.73 Å². The summed E-state index contributed by atoms with van der Waals surface area (Å²) in [6.45, 7) is 0.580. The van der Waals surface area contributed by atoms with E-state index in [4.69, 9.17) is 10.5 Å². The standard InChI is InChI=1S/C11H14FNO3/c1-15-11(14)7-8-2-3-10(9(12)6-8)16-5-4-13/h2-3,6H,4-5,7,13H2,1H3. The molecule has 4 nitrogen and oxygen atoms in total. The number of methoxy groups -OCH3 is 1. The summed E-state index contributed by atoms with van der Waals surface area (Å²) in [4.78, 5) is 11.0. The topological polar surface area (TPSA) is 61.5 Å². The maximum Gasteiger partial charge on any atom is 0.309 e. The lowest BCUT2D eigenvalue weighted by Gasteiger charge is -2.07. The van der Waals surface area contributed by atoms with E-state index in [0.29, 0.717) is 12.1 Å². The summed E-state index contributed by atoms with van der Waals surface area (Å²) in [5, 5.41) is 0. The monoisotopic (exact) mass is 227 g/mol. The zero-order valence-electron chi connectivity index (χ0n) is 9.03. The van der Waals surface area contributed by atoms with Crippen molar-refractivity contribution in [3.05, 3.63) is 29.6 Å². The number of halogens is 1. The normalized spacial score (nSPS) is 9.94. The number of ether oxygens (including phenoxy) is 2. The summed E-state index contributed by atoms with van der Waals surface area (Å²) >= 11 is 0. The van der Waals surface area contributed by atoms with Crippen molar-refractivity contribution in [2.45, 2.75) is 6.42 Å². The number of carbonyl (C=O) groups excluding carboxylic acids is 1. The molecule has 16 heavy (non-hydrogen) atoms. The minimum atomic E-state index is -0.505. The van der Waals surface area contributed by atoms with E-state index in [1.165, 1.54) is 19.2 Å². The smallest absolute Gasteiger partial charge is 0.309 e. The van der Waals surface area contributed by atoms with Gasteiger partial charge in [0.1, 0.15) is 6.61 Å². The number of nitrogens with two attached hydrogens (primary N) is 1. The van der Waals surface area contributed by atoms with Crippen LogP contribution in [0.15, 0.2) is 18.2 Å². The van der Waals surface area contributed by atoms with Crippen LogP contribution in [0.1, 0.15) is 5.56 Å². The second kappa shape index (κ2) is 6.07. The molecule has 0 aliphatic heterocycles. The van der Waals surface area contributed by atoms with Gasteiger partial charge < -0.3 is 15.2 Å². The molecular formula is C11H14FNO3. The fourth-order valence-electron chi connectivity index (χ4n) is 1.18. The van der Waals surface area contributed by atoms with Crippen molar-refractivity contribution < 1.29 is 18.7 Å². The summed E-state index contributed by atoms with van der Waals surface area (Å²) in [5.41, 5.74) is 5.78. The van der Waals surface area contributed by atoms with Crippen molar-refractivity contribution in [3.63, 3.8) is 0 Å². The Bertz CT molecular complexity index is 368. The van der Waals surface area contributed by atoms with Crippen LogP contribution in [-0.4, -0.2) is 26.2 Å². The lowest BCUT2D eigenvalue weighted by atomic mass is 10.1. The van der Waals surface area contributed by atoms with E-state index in [9.17, 15) is 9.18 Å². The molecule has 1 rings (SSSR count). The number of benzene rings is 1. The average Bonchev–Trinajstić information content (AvgIpc) is 2.28. The van der Waals surface area contributed by atoms with Gasteiger partial charge in [0.05, 0.1) is 13.5 Å². The van der Waals surface area contributed by atoms with Crippen LogP contribution in [0.5, 0.6) is 5.75 Å². The van der Waals surface area contributed by atoms with Gasteiger partial charge in [-0.05, 0) is 17.7 Å². The Labute approximate surface area is 93.2 Å². The first-order valence-electron chi connectivity index (χ1n) is 4.85. The van der Waals surface area contributed by atoms with Crippen molar-refractivity contribution in [1.29, 1.82) is 0 Å². The van der Waals surface area contributed by atoms with Crippen LogP contribution in [0.25, 0.3) is 0 Å². The second-order valence-electron chi connectivity index (χ2n) is 3.15. The van der Waals surface area contributed by atoms with Crippen molar-refractivity contribution in [2.75, 3.05) is 20.3 Å². The molecule has 5 heteroatoms. The summed E-state index contributed by atoms with van der Waals surface area (Å²) in [6, 6.07) is 4.35. The van der Waals surface area contributed by atoms with Crippen LogP contribution < -0.4 is 10.5 Å². The van der Waals surface area contributed by atoms with E-state index < -0.39 is 11.8 Å². The Kier molecular flexibility index (Phi) is 4.72. The summed E-state index contributed by atoms with van der Waals surface area (Å²) in [5.74, 6) is -0.774. The maximum atomic E-state index is 13.4. The molecule has 2 N–H and O–H groups in total. The predicted octanol–water partition coefficient (Wildman–Crippen LogP) is 0.879.